The van der Waals surface area contributed by atoms with Crippen molar-refractivity contribution < 1.29 is 0 Å². The van der Waals surface area contributed by atoms with Crippen molar-refractivity contribution in [2.75, 3.05) is 5.32 Å². The van der Waals surface area contributed by atoms with Crippen LogP contribution in [0, 0.1) is 6.92 Å². The number of aromatic nitrogens is 3. The molecular weight excluding hydrogens is 188 g/mol. The average Bonchev–Trinajstić information content (AvgIpc) is 2.30. The third-order valence-electron chi connectivity index (χ3n) is 1.99. The molecule has 4 heteroatoms. The summed E-state index contributed by atoms with van der Waals surface area (Å²) in [4.78, 5) is 12.4. The van der Waals surface area contributed by atoms with E-state index in [0.717, 1.165) is 17.1 Å². The van der Waals surface area contributed by atoms with Crippen LogP contribution in [-0.4, -0.2) is 15.0 Å². The fourth-order valence-corrected chi connectivity index (χ4v) is 1.17. The molecule has 0 amide bonds. The van der Waals surface area contributed by atoms with E-state index >= 15 is 0 Å². The Morgan fingerprint density at radius 3 is 2.60 bits per heavy atom. The van der Waals surface area contributed by atoms with Crippen molar-refractivity contribution in [3.63, 3.8) is 0 Å². The minimum absolute atomic E-state index is 0.678. The summed E-state index contributed by atoms with van der Waals surface area (Å²) in [5, 5.41) is 3.24. The van der Waals surface area contributed by atoms with Gasteiger partial charge in [-0.2, -0.15) is 0 Å². The van der Waals surface area contributed by atoms with Crippen LogP contribution in [0.3, 0.4) is 0 Å². The molecule has 1 N–H and O–H groups in total. The highest BCUT2D eigenvalue weighted by molar-refractivity contribution is 5.40. The zero-order valence-corrected chi connectivity index (χ0v) is 8.51. The van der Waals surface area contributed by atoms with E-state index in [9.17, 15) is 0 Å². The smallest absolute Gasteiger partial charge is 0.0777 e. The quantitative estimate of drug-likeness (QED) is 0.820. The first-order valence-electron chi connectivity index (χ1n) is 4.76. The molecule has 2 heterocycles. The maximum atomic E-state index is 4.25. The van der Waals surface area contributed by atoms with E-state index in [-0.39, 0.29) is 0 Å². The van der Waals surface area contributed by atoms with Crippen LogP contribution in [-0.2, 0) is 6.54 Å². The van der Waals surface area contributed by atoms with E-state index in [4.69, 9.17) is 0 Å². The number of hydrogen-bond acceptors (Lipinski definition) is 4. The van der Waals surface area contributed by atoms with Crippen LogP contribution in [0.1, 0.15) is 11.4 Å². The van der Waals surface area contributed by atoms with Gasteiger partial charge in [0.1, 0.15) is 0 Å². The van der Waals surface area contributed by atoms with Gasteiger partial charge in [-0.15, -0.1) is 0 Å². The second-order valence-corrected chi connectivity index (χ2v) is 3.24. The predicted octanol–water partition coefficient (Wildman–Crippen LogP) is 1.79. The van der Waals surface area contributed by atoms with Gasteiger partial charge in [0.2, 0.25) is 0 Å². The van der Waals surface area contributed by atoms with Gasteiger partial charge in [-0.1, -0.05) is 0 Å². The lowest BCUT2D eigenvalue weighted by Crippen LogP contribution is -2.02. The van der Waals surface area contributed by atoms with E-state index in [2.05, 4.69) is 20.3 Å². The van der Waals surface area contributed by atoms with Crippen LogP contribution in [0.2, 0.25) is 0 Å². The summed E-state index contributed by atoms with van der Waals surface area (Å²) in [7, 11) is 0. The van der Waals surface area contributed by atoms with Crippen LogP contribution in [0.5, 0.6) is 0 Å². The average molecular weight is 200 g/mol. The van der Waals surface area contributed by atoms with Gasteiger partial charge in [-0.3, -0.25) is 15.0 Å². The first-order chi connectivity index (χ1) is 7.34. The zero-order chi connectivity index (χ0) is 10.5. The molecule has 0 aliphatic rings. The number of anilines is 1. The first-order valence-corrected chi connectivity index (χ1v) is 4.76. The van der Waals surface area contributed by atoms with Crippen LogP contribution in [0.15, 0.2) is 36.9 Å². The number of pyridine rings is 1. The molecule has 0 spiro atoms. The van der Waals surface area contributed by atoms with E-state index in [1.54, 1.807) is 24.8 Å². The fourth-order valence-electron chi connectivity index (χ4n) is 1.17. The lowest BCUT2D eigenvalue weighted by Gasteiger charge is -2.04. The normalized spacial score (nSPS) is 9.93. The lowest BCUT2D eigenvalue weighted by molar-refractivity contribution is 0.984. The lowest BCUT2D eigenvalue weighted by atomic mass is 10.3. The van der Waals surface area contributed by atoms with Crippen molar-refractivity contribution in [2.45, 2.75) is 13.5 Å². The molecule has 4 nitrogen and oxygen atoms in total. The highest BCUT2D eigenvalue weighted by Gasteiger charge is 1.95. The topological polar surface area (TPSA) is 50.7 Å². The van der Waals surface area contributed by atoms with Gasteiger partial charge in [0, 0.05) is 24.3 Å². The van der Waals surface area contributed by atoms with Crippen molar-refractivity contribution in [3.8, 4) is 0 Å². The second kappa shape index (κ2) is 4.50. The number of rotatable bonds is 3. The Labute approximate surface area is 88.4 Å². The van der Waals surface area contributed by atoms with Gasteiger partial charge in [-0.25, -0.2) is 0 Å². The van der Waals surface area contributed by atoms with Crippen molar-refractivity contribution >= 4 is 5.69 Å². The van der Waals surface area contributed by atoms with Crippen LogP contribution in [0.25, 0.3) is 0 Å². The summed E-state index contributed by atoms with van der Waals surface area (Å²) in [6.07, 6.45) is 7.05. The molecule has 0 atom stereocenters. The summed E-state index contributed by atoms with van der Waals surface area (Å²) < 4.78 is 0. The molecule has 0 saturated carbocycles. The highest BCUT2D eigenvalue weighted by atomic mass is 14.9. The molecular formula is C11H12N4. The fraction of sp³-hybridized carbons (Fsp3) is 0.182. The molecule has 0 aromatic carbocycles. The summed E-state index contributed by atoms with van der Waals surface area (Å²) >= 11 is 0. The van der Waals surface area contributed by atoms with Crippen LogP contribution >= 0.6 is 0 Å². The largest absolute Gasteiger partial charge is 0.379 e. The van der Waals surface area contributed by atoms with Crippen molar-refractivity contribution in [3.05, 3.63) is 48.3 Å². The summed E-state index contributed by atoms with van der Waals surface area (Å²) in [6.45, 7) is 2.60. The van der Waals surface area contributed by atoms with Gasteiger partial charge < -0.3 is 5.32 Å². The highest BCUT2D eigenvalue weighted by Crippen LogP contribution is 2.05. The van der Waals surface area contributed by atoms with E-state index < -0.39 is 0 Å². The molecule has 0 radical (unpaired) electrons. The first kappa shape index (κ1) is 9.58. The predicted molar refractivity (Wildman–Crippen MR) is 58.3 cm³/mol. The third kappa shape index (κ3) is 2.74. The SMILES string of the molecule is Cc1cnc(CNc2ccncc2)cn1. The number of hydrogen-bond donors (Lipinski definition) is 1. The standard InChI is InChI=1S/C11H12N4/c1-9-6-14-11(7-13-9)8-15-10-2-4-12-5-3-10/h2-7H,8H2,1H3,(H,12,15). The number of nitrogens with one attached hydrogen (secondary N) is 1. The van der Waals surface area contributed by atoms with E-state index in [0.29, 0.717) is 6.54 Å². The van der Waals surface area contributed by atoms with Crippen molar-refractivity contribution in [1.29, 1.82) is 0 Å². The Morgan fingerprint density at radius 2 is 1.93 bits per heavy atom. The Balaban J connectivity index is 1.96. The summed E-state index contributed by atoms with van der Waals surface area (Å²) in [6, 6.07) is 3.84. The van der Waals surface area contributed by atoms with E-state index in [1.807, 2.05) is 19.1 Å². The van der Waals surface area contributed by atoms with Crippen molar-refractivity contribution in [2.24, 2.45) is 0 Å². The molecule has 15 heavy (non-hydrogen) atoms. The van der Waals surface area contributed by atoms with Crippen molar-refractivity contribution in [1.82, 2.24) is 15.0 Å². The molecule has 0 unspecified atom stereocenters. The maximum absolute atomic E-state index is 4.25. The summed E-state index contributed by atoms with van der Waals surface area (Å²) in [5.74, 6) is 0. The van der Waals surface area contributed by atoms with Gasteiger partial charge in [0.25, 0.3) is 0 Å². The molecule has 0 aliphatic carbocycles. The Hall–Kier alpha value is -1.97. The minimum Gasteiger partial charge on any atom is -0.379 e. The summed E-state index contributed by atoms with van der Waals surface area (Å²) in [5.41, 5.74) is 2.90. The van der Waals surface area contributed by atoms with Gasteiger partial charge >= 0.3 is 0 Å². The molecule has 2 aromatic rings. The number of nitrogens with zero attached hydrogens (tertiary/aromatic N) is 3. The van der Waals surface area contributed by atoms with Gasteiger partial charge in [0.15, 0.2) is 0 Å². The molecule has 2 rings (SSSR count). The molecule has 0 fully saturated rings. The van der Waals surface area contributed by atoms with Crippen LogP contribution < -0.4 is 5.32 Å². The van der Waals surface area contributed by atoms with Crippen LogP contribution in [0.4, 0.5) is 5.69 Å². The second-order valence-electron chi connectivity index (χ2n) is 3.24. The Bertz CT molecular complexity index is 410. The Morgan fingerprint density at radius 1 is 1.13 bits per heavy atom. The van der Waals surface area contributed by atoms with E-state index in [1.165, 1.54) is 0 Å². The number of aryl methyl sites for hydroxylation is 1. The third-order valence-corrected chi connectivity index (χ3v) is 1.99. The Kier molecular flexibility index (Phi) is 2.88. The molecule has 76 valence electrons. The minimum atomic E-state index is 0.678. The van der Waals surface area contributed by atoms with Gasteiger partial charge in [0.05, 0.1) is 24.1 Å². The zero-order valence-electron chi connectivity index (χ0n) is 8.51. The molecule has 0 bridgehead atoms. The molecule has 0 aliphatic heterocycles. The maximum Gasteiger partial charge on any atom is 0.0777 e. The van der Waals surface area contributed by atoms with Gasteiger partial charge in [-0.05, 0) is 19.1 Å². The molecule has 0 saturated heterocycles. The monoisotopic (exact) mass is 200 g/mol. The molecule has 2 aromatic heterocycles.